The van der Waals surface area contributed by atoms with E-state index in [9.17, 15) is 9.18 Å². The number of aromatic nitrogens is 6. The van der Waals surface area contributed by atoms with Crippen molar-refractivity contribution in [3.05, 3.63) is 67.0 Å². The Balaban J connectivity index is 1.33. The first-order chi connectivity index (χ1) is 15.1. The van der Waals surface area contributed by atoms with E-state index < -0.39 is 11.9 Å². The number of hydrogen-bond donors (Lipinski definition) is 0. The topological polar surface area (TPSA) is 91.0 Å². The standard InChI is InChI=1S/C21H18FN7O2/c1-27-8-6-20(25-27)19-5-2-14(11-23-19)17-4-3-15(10-18(17)22)29-13-16(31-21(29)30)12-28-9-7-24-26-28/h2-11,16H,12-13H2,1H3/t16-/m0/s1. The Hall–Kier alpha value is -4.08. The molecule has 0 spiro atoms. The maximum atomic E-state index is 14.9. The Bertz CT molecular complexity index is 1220. The molecule has 5 rings (SSSR count). The summed E-state index contributed by atoms with van der Waals surface area (Å²) in [7, 11) is 1.84. The van der Waals surface area contributed by atoms with Crippen molar-refractivity contribution in [1.82, 2.24) is 29.8 Å². The number of ether oxygens (including phenoxy) is 1. The van der Waals surface area contributed by atoms with E-state index in [-0.39, 0.29) is 6.10 Å². The third kappa shape index (κ3) is 3.75. The fourth-order valence-corrected chi connectivity index (χ4v) is 3.53. The lowest BCUT2D eigenvalue weighted by molar-refractivity contribution is 0.129. The van der Waals surface area contributed by atoms with Crippen molar-refractivity contribution in [2.45, 2.75) is 12.6 Å². The Morgan fingerprint density at radius 1 is 1.16 bits per heavy atom. The van der Waals surface area contributed by atoms with Crippen LogP contribution >= 0.6 is 0 Å². The van der Waals surface area contributed by atoms with Crippen molar-refractivity contribution >= 4 is 11.8 Å². The van der Waals surface area contributed by atoms with Crippen LogP contribution in [0.4, 0.5) is 14.9 Å². The van der Waals surface area contributed by atoms with Crippen LogP contribution in [0.3, 0.4) is 0 Å². The van der Waals surface area contributed by atoms with Gasteiger partial charge in [-0.25, -0.2) is 13.9 Å². The predicted octanol–water partition coefficient (Wildman–Crippen LogP) is 2.91. The second kappa shape index (κ2) is 7.63. The van der Waals surface area contributed by atoms with Gasteiger partial charge in [0.15, 0.2) is 0 Å². The molecule has 1 aliphatic heterocycles. The summed E-state index contributed by atoms with van der Waals surface area (Å²) < 4.78 is 23.6. The first-order valence-corrected chi connectivity index (χ1v) is 9.65. The van der Waals surface area contributed by atoms with Gasteiger partial charge in [0.1, 0.15) is 17.6 Å². The molecule has 0 bridgehead atoms. The summed E-state index contributed by atoms with van der Waals surface area (Å²) in [4.78, 5) is 18.1. The van der Waals surface area contributed by atoms with Crippen LogP contribution in [0.5, 0.6) is 0 Å². The van der Waals surface area contributed by atoms with Crippen LogP contribution < -0.4 is 4.90 Å². The summed E-state index contributed by atoms with van der Waals surface area (Å²) in [6, 6.07) is 10.1. The quantitative estimate of drug-likeness (QED) is 0.494. The summed E-state index contributed by atoms with van der Waals surface area (Å²) in [5, 5.41) is 11.9. The number of rotatable bonds is 5. The van der Waals surface area contributed by atoms with Gasteiger partial charge in [0.2, 0.25) is 0 Å². The monoisotopic (exact) mass is 419 g/mol. The Kier molecular flexibility index (Phi) is 4.66. The molecule has 3 aromatic heterocycles. The molecule has 0 unspecified atom stereocenters. The van der Waals surface area contributed by atoms with E-state index in [2.05, 4.69) is 20.4 Å². The molecule has 1 amide bonds. The lowest BCUT2D eigenvalue weighted by atomic mass is 10.1. The maximum Gasteiger partial charge on any atom is 0.414 e. The number of aryl methyl sites for hydroxylation is 1. The number of halogens is 1. The predicted molar refractivity (Wildman–Crippen MR) is 109 cm³/mol. The number of hydrogen-bond acceptors (Lipinski definition) is 6. The van der Waals surface area contributed by atoms with Gasteiger partial charge in [-0.3, -0.25) is 14.6 Å². The highest BCUT2D eigenvalue weighted by Gasteiger charge is 2.33. The van der Waals surface area contributed by atoms with Gasteiger partial charge in [-0.15, -0.1) is 5.10 Å². The van der Waals surface area contributed by atoms with Gasteiger partial charge in [-0.1, -0.05) is 11.3 Å². The number of amides is 1. The van der Waals surface area contributed by atoms with Crippen LogP contribution in [0.25, 0.3) is 22.5 Å². The summed E-state index contributed by atoms with van der Waals surface area (Å²) in [6.07, 6.45) is 5.79. The van der Waals surface area contributed by atoms with Crippen LogP contribution in [0, 0.1) is 5.82 Å². The lowest BCUT2D eigenvalue weighted by Gasteiger charge is -2.14. The average molecular weight is 419 g/mol. The third-order valence-corrected chi connectivity index (χ3v) is 5.05. The summed E-state index contributed by atoms with van der Waals surface area (Å²) in [5.74, 6) is -0.447. The molecule has 31 heavy (non-hydrogen) atoms. The molecular weight excluding hydrogens is 401 g/mol. The molecule has 9 nitrogen and oxygen atoms in total. The van der Waals surface area contributed by atoms with Crippen LogP contribution in [0.1, 0.15) is 0 Å². The SMILES string of the molecule is Cn1ccc(-c2ccc(-c3ccc(N4C[C@H](Cn5ccnn5)OC4=O)cc3F)cn2)n1. The zero-order chi connectivity index (χ0) is 21.4. The maximum absolute atomic E-state index is 14.9. The third-order valence-electron chi connectivity index (χ3n) is 5.05. The van der Waals surface area contributed by atoms with E-state index in [0.717, 1.165) is 5.69 Å². The van der Waals surface area contributed by atoms with Crippen LogP contribution in [0.15, 0.2) is 61.2 Å². The van der Waals surface area contributed by atoms with Gasteiger partial charge >= 0.3 is 6.09 Å². The van der Waals surface area contributed by atoms with E-state index >= 15 is 0 Å². The summed E-state index contributed by atoms with van der Waals surface area (Å²) >= 11 is 0. The molecular formula is C21H18FN7O2. The lowest BCUT2D eigenvalue weighted by Crippen LogP contribution is -2.26. The molecule has 0 aliphatic carbocycles. The van der Waals surface area contributed by atoms with Gasteiger partial charge in [-0.2, -0.15) is 5.10 Å². The largest absolute Gasteiger partial charge is 0.442 e. The highest BCUT2D eigenvalue weighted by atomic mass is 19.1. The number of carbonyl (C=O) groups excluding carboxylic acids is 1. The highest BCUT2D eigenvalue weighted by Crippen LogP contribution is 2.29. The minimum atomic E-state index is -0.515. The minimum Gasteiger partial charge on any atom is -0.442 e. The summed E-state index contributed by atoms with van der Waals surface area (Å²) in [5.41, 5.74) is 2.93. The van der Waals surface area contributed by atoms with E-state index in [1.165, 1.54) is 11.0 Å². The van der Waals surface area contributed by atoms with E-state index in [1.54, 1.807) is 52.2 Å². The van der Waals surface area contributed by atoms with Crippen molar-refractivity contribution in [2.75, 3.05) is 11.4 Å². The van der Waals surface area contributed by atoms with Crippen molar-refractivity contribution in [3.63, 3.8) is 0 Å². The Morgan fingerprint density at radius 2 is 2.06 bits per heavy atom. The molecule has 10 heteroatoms. The van der Waals surface area contributed by atoms with Crippen LogP contribution in [-0.4, -0.2) is 48.5 Å². The second-order valence-corrected chi connectivity index (χ2v) is 7.21. The van der Waals surface area contributed by atoms with Gasteiger partial charge < -0.3 is 4.74 Å². The molecule has 1 aliphatic rings. The number of anilines is 1. The molecule has 1 saturated heterocycles. The van der Waals surface area contributed by atoms with Crippen LogP contribution in [-0.2, 0) is 18.3 Å². The second-order valence-electron chi connectivity index (χ2n) is 7.21. The van der Waals surface area contributed by atoms with Gasteiger partial charge in [0.25, 0.3) is 0 Å². The molecule has 0 saturated carbocycles. The number of carbonyl (C=O) groups is 1. The van der Waals surface area contributed by atoms with Gasteiger partial charge in [0.05, 0.1) is 30.7 Å². The normalized spacial score (nSPS) is 16.0. The first-order valence-electron chi connectivity index (χ1n) is 9.65. The minimum absolute atomic E-state index is 0.303. The zero-order valence-corrected chi connectivity index (χ0v) is 16.6. The van der Waals surface area contributed by atoms with Crippen LogP contribution in [0.2, 0.25) is 0 Å². The average Bonchev–Trinajstić information content (AvgIpc) is 3.51. The molecule has 1 fully saturated rings. The van der Waals surface area contributed by atoms with Crippen molar-refractivity contribution in [3.8, 4) is 22.5 Å². The first kappa shape index (κ1) is 18.9. The number of pyridine rings is 1. The molecule has 4 heterocycles. The Labute approximate surface area is 176 Å². The zero-order valence-electron chi connectivity index (χ0n) is 16.6. The Morgan fingerprint density at radius 3 is 2.74 bits per heavy atom. The van der Waals surface area contributed by atoms with Gasteiger partial charge in [0, 0.05) is 36.8 Å². The smallest absolute Gasteiger partial charge is 0.414 e. The van der Waals surface area contributed by atoms with E-state index in [1.807, 2.05) is 19.3 Å². The van der Waals surface area contributed by atoms with Crippen molar-refractivity contribution in [1.29, 1.82) is 0 Å². The molecule has 0 radical (unpaired) electrons. The number of benzene rings is 1. The van der Waals surface area contributed by atoms with Gasteiger partial charge in [-0.05, 0) is 30.3 Å². The van der Waals surface area contributed by atoms with Crippen molar-refractivity contribution in [2.24, 2.45) is 7.05 Å². The molecule has 1 atom stereocenters. The number of cyclic esters (lactones) is 1. The van der Waals surface area contributed by atoms with Crippen molar-refractivity contribution < 1.29 is 13.9 Å². The molecule has 0 N–H and O–H groups in total. The molecule has 1 aromatic carbocycles. The highest BCUT2D eigenvalue weighted by molar-refractivity contribution is 5.90. The number of nitrogens with zero attached hydrogens (tertiary/aromatic N) is 7. The fourth-order valence-electron chi connectivity index (χ4n) is 3.53. The molecule has 4 aromatic rings. The fraction of sp³-hybridized carbons (Fsp3) is 0.190. The summed E-state index contributed by atoms with van der Waals surface area (Å²) in [6.45, 7) is 0.689. The van der Waals surface area contributed by atoms with E-state index in [4.69, 9.17) is 4.74 Å². The van der Waals surface area contributed by atoms with E-state index in [0.29, 0.717) is 35.6 Å². The molecule has 156 valence electrons.